The van der Waals surface area contributed by atoms with Crippen LogP contribution < -0.4 is 25.2 Å². The monoisotopic (exact) mass is 695 g/mol. The Hall–Kier alpha value is -4.14. The Labute approximate surface area is 279 Å². The van der Waals surface area contributed by atoms with Crippen LogP contribution in [0.1, 0.15) is 48.5 Å². The molecule has 4 rings (SSSR count). The molecule has 1 fully saturated rings. The number of carbonyl (C=O) groups is 2. The van der Waals surface area contributed by atoms with E-state index in [1.165, 1.54) is 7.11 Å². The molecule has 3 amide bonds. The van der Waals surface area contributed by atoms with Crippen LogP contribution in [0.25, 0.3) is 0 Å². The number of nitrogens with one attached hydrogen (secondary N) is 2. The van der Waals surface area contributed by atoms with Crippen LogP contribution in [0.5, 0.6) is 17.2 Å². The van der Waals surface area contributed by atoms with Gasteiger partial charge in [0.2, 0.25) is 10.0 Å². The quantitative estimate of drug-likeness (QED) is 0.200. The van der Waals surface area contributed by atoms with Crippen molar-refractivity contribution in [2.75, 3.05) is 43.0 Å². The number of benzene rings is 3. The van der Waals surface area contributed by atoms with Crippen LogP contribution in [0.2, 0.25) is 0 Å². The second-order valence-electron chi connectivity index (χ2n) is 11.1. The number of carbonyl (C=O) groups excluding carboxylic acids is 2. The van der Waals surface area contributed by atoms with E-state index in [9.17, 15) is 26.8 Å². The number of methoxy groups -OCH3 is 1. The lowest BCUT2D eigenvalue weighted by atomic mass is 10.0. The van der Waals surface area contributed by atoms with E-state index in [1.807, 2.05) is 31.2 Å². The van der Waals surface area contributed by atoms with E-state index in [4.69, 9.17) is 15.2 Å². The molecule has 1 aliphatic rings. The average Bonchev–Trinajstić information content (AvgIpc) is 3.00. The largest absolute Gasteiger partial charge is 0.493 e. The molecule has 1 heterocycles. The first-order chi connectivity index (χ1) is 21.9. The van der Waals surface area contributed by atoms with Gasteiger partial charge in [-0.1, -0.05) is 25.5 Å². The minimum atomic E-state index is -3.43. The Balaban J connectivity index is 0.00000600. The van der Waals surface area contributed by atoms with Gasteiger partial charge in [0, 0.05) is 44.4 Å². The molecule has 0 spiro atoms. The number of hydrogen-bond donors (Lipinski definition) is 3. The molecule has 0 saturated carbocycles. The number of ether oxygens (including phenoxy) is 2. The molecule has 1 saturated heterocycles. The SMILES string of the molecule is CCCCN(C(=O)Nc1cc(C(N)=O)c(F)cc1F)C1CCN(Cc2ccc(Oc3ccc(NS(C)(=O)=O)cc3OC)cc2)CC1.Cl. The minimum absolute atomic E-state index is 0. The summed E-state index contributed by atoms with van der Waals surface area (Å²) in [6.45, 7) is 4.66. The number of piperidine rings is 1. The molecule has 3 aromatic carbocycles. The Morgan fingerprint density at radius 3 is 2.30 bits per heavy atom. The molecular weight excluding hydrogens is 656 g/mol. The van der Waals surface area contributed by atoms with Gasteiger partial charge < -0.3 is 25.4 Å². The Bertz CT molecular complexity index is 1650. The summed E-state index contributed by atoms with van der Waals surface area (Å²) in [5, 5.41) is 2.51. The fraction of sp³-hybridized carbons (Fsp3) is 0.375. The molecule has 0 aromatic heterocycles. The van der Waals surface area contributed by atoms with Crippen LogP contribution in [0.4, 0.5) is 25.0 Å². The van der Waals surface area contributed by atoms with Gasteiger partial charge in [-0.2, -0.15) is 0 Å². The predicted molar refractivity (Wildman–Crippen MR) is 179 cm³/mol. The van der Waals surface area contributed by atoms with Crippen molar-refractivity contribution in [3.63, 3.8) is 0 Å². The van der Waals surface area contributed by atoms with Gasteiger partial charge in [-0.3, -0.25) is 14.4 Å². The molecular formula is C32H40ClF2N5O6S. The number of anilines is 2. The summed E-state index contributed by atoms with van der Waals surface area (Å²) < 4.78 is 65.2. The zero-order valence-corrected chi connectivity index (χ0v) is 28.1. The molecule has 0 radical (unpaired) electrons. The van der Waals surface area contributed by atoms with Gasteiger partial charge in [0.25, 0.3) is 5.91 Å². The summed E-state index contributed by atoms with van der Waals surface area (Å²) >= 11 is 0. The third-order valence-corrected chi connectivity index (χ3v) is 8.21. The highest BCUT2D eigenvalue weighted by atomic mass is 35.5. The highest BCUT2D eigenvalue weighted by Crippen LogP contribution is 2.34. The number of urea groups is 1. The number of amides is 3. The van der Waals surface area contributed by atoms with Crippen molar-refractivity contribution >= 4 is 45.7 Å². The number of rotatable bonds is 13. The van der Waals surface area contributed by atoms with Gasteiger partial charge in [-0.05, 0) is 55.2 Å². The topological polar surface area (TPSA) is 143 Å². The molecule has 1 aliphatic heterocycles. The van der Waals surface area contributed by atoms with Gasteiger partial charge in [-0.25, -0.2) is 22.0 Å². The summed E-state index contributed by atoms with van der Waals surface area (Å²) in [5.41, 5.74) is 5.82. The van der Waals surface area contributed by atoms with Crippen molar-refractivity contribution in [1.29, 1.82) is 0 Å². The maximum atomic E-state index is 14.4. The zero-order chi connectivity index (χ0) is 33.4. The lowest BCUT2D eigenvalue weighted by Gasteiger charge is -2.38. The second-order valence-corrected chi connectivity index (χ2v) is 12.9. The highest BCUT2D eigenvalue weighted by Gasteiger charge is 2.28. The van der Waals surface area contributed by atoms with E-state index >= 15 is 0 Å². The molecule has 11 nitrogen and oxygen atoms in total. The molecule has 0 bridgehead atoms. The first-order valence-corrected chi connectivity index (χ1v) is 16.8. The molecule has 47 heavy (non-hydrogen) atoms. The summed E-state index contributed by atoms with van der Waals surface area (Å²) in [5.74, 6) is -1.73. The number of likely N-dealkylation sites (tertiary alicyclic amines) is 1. The van der Waals surface area contributed by atoms with Gasteiger partial charge in [0.1, 0.15) is 17.4 Å². The number of unbranched alkanes of at least 4 members (excludes halogenated alkanes) is 1. The van der Waals surface area contributed by atoms with Gasteiger partial charge >= 0.3 is 6.03 Å². The summed E-state index contributed by atoms with van der Waals surface area (Å²) in [6.07, 6.45) is 4.10. The first kappa shape index (κ1) is 37.3. The summed E-state index contributed by atoms with van der Waals surface area (Å²) in [7, 11) is -1.96. The lowest BCUT2D eigenvalue weighted by molar-refractivity contribution is 0.0996. The fourth-order valence-corrected chi connectivity index (χ4v) is 5.82. The maximum absolute atomic E-state index is 14.4. The third kappa shape index (κ3) is 10.4. The Morgan fingerprint density at radius 2 is 1.70 bits per heavy atom. The van der Waals surface area contributed by atoms with E-state index in [1.54, 1.807) is 23.1 Å². The van der Waals surface area contributed by atoms with Gasteiger partial charge in [0.15, 0.2) is 11.5 Å². The van der Waals surface area contributed by atoms with E-state index < -0.39 is 39.2 Å². The molecule has 256 valence electrons. The van der Waals surface area contributed by atoms with E-state index in [-0.39, 0.29) is 24.1 Å². The maximum Gasteiger partial charge on any atom is 0.322 e. The van der Waals surface area contributed by atoms with Crippen LogP contribution in [0.3, 0.4) is 0 Å². The molecule has 3 aromatic rings. The number of nitrogens with two attached hydrogens (primary N) is 1. The van der Waals surface area contributed by atoms with Gasteiger partial charge in [0.05, 0.1) is 30.3 Å². The van der Waals surface area contributed by atoms with Crippen molar-refractivity contribution in [2.24, 2.45) is 5.73 Å². The van der Waals surface area contributed by atoms with Crippen LogP contribution >= 0.6 is 12.4 Å². The zero-order valence-electron chi connectivity index (χ0n) is 26.4. The summed E-state index contributed by atoms with van der Waals surface area (Å²) in [6, 6.07) is 13.3. The lowest BCUT2D eigenvalue weighted by Crippen LogP contribution is -2.49. The van der Waals surface area contributed by atoms with Crippen molar-refractivity contribution < 1.29 is 36.3 Å². The van der Waals surface area contributed by atoms with Crippen LogP contribution in [-0.4, -0.2) is 69.2 Å². The van der Waals surface area contributed by atoms with Crippen LogP contribution in [0, 0.1) is 11.6 Å². The first-order valence-electron chi connectivity index (χ1n) is 14.9. The third-order valence-electron chi connectivity index (χ3n) is 7.60. The van der Waals surface area contributed by atoms with E-state index in [0.29, 0.717) is 54.9 Å². The van der Waals surface area contributed by atoms with Crippen LogP contribution in [-0.2, 0) is 16.6 Å². The Kier molecular flexibility index (Phi) is 13.2. The highest BCUT2D eigenvalue weighted by molar-refractivity contribution is 7.92. The summed E-state index contributed by atoms with van der Waals surface area (Å²) in [4.78, 5) is 28.8. The fourth-order valence-electron chi connectivity index (χ4n) is 5.27. The standard InChI is InChI=1S/C32H39F2N5O6S.ClH/c1-4-5-14-39(32(41)36-28-18-25(31(35)40)26(33)19-27(28)34)23-12-15-38(16-13-23)20-21-6-9-24(10-7-21)45-29-11-8-22(17-30(29)44-2)37-46(3,42)43;/h6-11,17-19,23,37H,4-5,12-16,20H2,1-3H3,(H2,35,40)(H,36,41);1H. The number of halogens is 3. The van der Waals surface area contributed by atoms with E-state index in [0.717, 1.165) is 43.8 Å². The Morgan fingerprint density at radius 1 is 1.02 bits per heavy atom. The minimum Gasteiger partial charge on any atom is -0.493 e. The number of hydrogen-bond acceptors (Lipinski definition) is 7. The molecule has 15 heteroatoms. The van der Waals surface area contributed by atoms with Gasteiger partial charge in [-0.15, -0.1) is 12.4 Å². The second kappa shape index (κ2) is 16.6. The van der Waals surface area contributed by atoms with E-state index in [2.05, 4.69) is 14.9 Å². The normalized spacial score (nSPS) is 13.7. The smallest absolute Gasteiger partial charge is 0.322 e. The number of primary amides is 1. The van der Waals surface area contributed by atoms with Crippen molar-refractivity contribution in [2.45, 2.75) is 45.2 Å². The van der Waals surface area contributed by atoms with Crippen molar-refractivity contribution in [1.82, 2.24) is 9.80 Å². The molecule has 4 N–H and O–H groups in total. The van der Waals surface area contributed by atoms with Crippen molar-refractivity contribution in [3.8, 4) is 17.2 Å². The molecule has 0 atom stereocenters. The average molecular weight is 696 g/mol. The van der Waals surface area contributed by atoms with Crippen molar-refractivity contribution in [3.05, 3.63) is 77.4 Å². The predicted octanol–water partition coefficient (Wildman–Crippen LogP) is 5.96. The number of nitrogens with zero attached hydrogens (tertiary/aromatic N) is 2. The van der Waals surface area contributed by atoms with Crippen LogP contribution in [0.15, 0.2) is 54.6 Å². The number of sulfonamides is 1. The molecule has 0 unspecified atom stereocenters. The molecule has 0 aliphatic carbocycles.